The second-order valence-corrected chi connectivity index (χ2v) is 10.7. The molecule has 7 nitrogen and oxygen atoms in total. The molecule has 2 aliphatic heterocycles. The van der Waals surface area contributed by atoms with Crippen LogP contribution in [0.2, 0.25) is 10.0 Å². The second-order valence-electron chi connectivity index (χ2n) is 9.81. The predicted octanol–water partition coefficient (Wildman–Crippen LogP) is 5.95. The van der Waals surface area contributed by atoms with Crippen molar-refractivity contribution < 1.29 is 9.53 Å². The summed E-state index contributed by atoms with van der Waals surface area (Å²) in [6.45, 7) is 0.428. The highest BCUT2D eigenvalue weighted by Crippen LogP contribution is 2.52. The molecule has 194 valence electrons. The van der Waals surface area contributed by atoms with E-state index in [0.717, 1.165) is 16.8 Å². The van der Waals surface area contributed by atoms with Crippen molar-refractivity contribution >= 4 is 34.7 Å². The smallest absolute Gasteiger partial charge is 0.258 e. The third kappa shape index (κ3) is 4.36. The number of methoxy groups -OCH3 is 1. The van der Waals surface area contributed by atoms with E-state index in [1.807, 2.05) is 58.2 Å². The number of fused-ring (bicyclic) bond motifs is 1. The molecule has 0 saturated carbocycles. The van der Waals surface area contributed by atoms with E-state index in [-0.39, 0.29) is 11.9 Å². The molecule has 6 rings (SSSR count). The number of benzene rings is 3. The first-order valence-corrected chi connectivity index (χ1v) is 13.2. The number of hydrogen-bond donors (Lipinski definition) is 0. The van der Waals surface area contributed by atoms with Crippen molar-refractivity contribution in [2.24, 2.45) is 0 Å². The number of amides is 1. The summed E-state index contributed by atoms with van der Waals surface area (Å²) in [6.07, 6.45) is 3.00. The fraction of sp³-hybridized carbons (Fsp3) is 0.200. The fourth-order valence-electron chi connectivity index (χ4n) is 5.81. The Kier molecular flexibility index (Phi) is 6.38. The molecule has 0 N–H and O–H groups in total. The summed E-state index contributed by atoms with van der Waals surface area (Å²) in [4.78, 5) is 16.0. The second kappa shape index (κ2) is 9.88. The monoisotopic (exact) mass is 555 g/mol. The number of halogens is 2. The number of carbonyl (C=O) groups excluding carboxylic acids is 1. The van der Waals surface area contributed by atoms with E-state index in [9.17, 15) is 10.1 Å². The maximum atomic E-state index is 14.1. The molecule has 1 saturated heterocycles. The van der Waals surface area contributed by atoms with Crippen molar-refractivity contribution in [2.45, 2.75) is 24.4 Å². The molecule has 0 aliphatic carbocycles. The van der Waals surface area contributed by atoms with Crippen molar-refractivity contribution in [3.63, 3.8) is 0 Å². The van der Waals surface area contributed by atoms with Gasteiger partial charge in [0, 0.05) is 35.0 Å². The summed E-state index contributed by atoms with van der Waals surface area (Å²) in [5.41, 5.74) is 3.61. The molecule has 39 heavy (non-hydrogen) atoms. The Morgan fingerprint density at radius 1 is 1.05 bits per heavy atom. The lowest BCUT2D eigenvalue weighted by Crippen LogP contribution is -2.45. The third-order valence-electron chi connectivity index (χ3n) is 7.48. The first kappa shape index (κ1) is 25.2. The molecule has 0 radical (unpaired) electrons. The van der Waals surface area contributed by atoms with E-state index in [4.69, 9.17) is 27.9 Å². The minimum atomic E-state index is -0.770. The number of rotatable bonds is 6. The van der Waals surface area contributed by atoms with E-state index in [1.54, 1.807) is 37.4 Å². The zero-order valence-corrected chi connectivity index (χ0v) is 22.5. The predicted molar refractivity (Wildman–Crippen MR) is 149 cm³/mol. The van der Waals surface area contributed by atoms with Gasteiger partial charge in [-0.1, -0.05) is 70.9 Å². The maximum Gasteiger partial charge on any atom is 0.258 e. The molecule has 2 atom stereocenters. The Morgan fingerprint density at radius 3 is 2.44 bits per heavy atom. The Hall–Kier alpha value is -4.12. The van der Waals surface area contributed by atoms with E-state index >= 15 is 0 Å². The Bertz CT molecular complexity index is 1620. The minimum Gasteiger partial charge on any atom is -0.498 e. The zero-order valence-electron chi connectivity index (χ0n) is 21.0. The van der Waals surface area contributed by atoms with Crippen LogP contribution in [0.1, 0.15) is 29.2 Å². The van der Waals surface area contributed by atoms with Crippen LogP contribution in [0.15, 0.2) is 84.8 Å². The van der Waals surface area contributed by atoms with E-state index in [1.165, 1.54) is 0 Å². The lowest BCUT2D eigenvalue weighted by Gasteiger charge is -2.34. The normalized spacial score (nSPS) is 20.3. The first-order chi connectivity index (χ1) is 18.9. The number of aromatic nitrogens is 3. The van der Waals surface area contributed by atoms with Crippen LogP contribution in [-0.4, -0.2) is 45.0 Å². The molecule has 0 spiro atoms. The van der Waals surface area contributed by atoms with Crippen LogP contribution in [0, 0.1) is 11.3 Å². The highest BCUT2D eigenvalue weighted by molar-refractivity contribution is 6.35. The van der Waals surface area contributed by atoms with Crippen molar-refractivity contribution in [3.05, 3.63) is 111 Å². The van der Waals surface area contributed by atoms with Crippen LogP contribution in [0.3, 0.4) is 0 Å². The van der Waals surface area contributed by atoms with Crippen molar-refractivity contribution in [1.82, 2.24) is 19.9 Å². The summed E-state index contributed by atoms with van der Waals surface area (Å²) < 4.78 is 7.90. The van der Waals surface area contributed by atoms with E-state index in [0.29, 0.717) is 51.9 Å². The molecular weight excluding hydrogens is 533 g/mol. The summed E-state index contributed by atoms with van der Waals surface area (Å²) in [6, 6.07) is 24.4. The van der Waals surface area contributed by atoms with Crippen molar-refractivity contribution in [1.29, 1.82) is 5.26 Å². The van der Waals surface area contributed by atoms with Crippen LogP contribution in [0.25, 0.3) is 16.8 Å². The van der Waals surface area contributed by atoms with Crippen LogP contribution in [0.5, 0.6) is 0 Å². The van der Waals surface area contributed by atoms with Gasteiger partial charge in [-0.15, -0.1) is 5.10 Å². The van der Waals surface area contributed by atoms with E-state index < -0.39 is 5.54 Å². The molecular formula is C30H23Cl2N5O2. The molecule has 1 amide bonds. The maximum absolute atomic E-state index is 14.1. The lowest BCUT2D eigenvalue weighted by atomic mass is 9.85. The summed E-state index contributed by atoms with van der Waals surface area (Å²) >= 11 is 12.6. The molecule has 3 aromatic carbocycles. The van der Waals surface area contributed by atoms with Gasteiger partial charge in [-0.2, -0.15) is 5.26 Å². The van der Waals surface area contributed by atoms with Crippen LogP contribution in [0.4, 0.5) is 0 Å². The number of nitriles is 1. The lowest BCUT2D eigenvalue weighted by molar-refractivity contribution is -0.126. The number of nitrogens with zero attached hydrogens (tertiary/aromatic N) is 5. The van der Waals surface area contributed by atoms with Gasteiger partial charge in [0.25, 0.3) is 5.91 Å². The van der Waals surface area contributed by atoms with Crippen molar-refractivity contribution in [2.75, 3.05) is 13.7 Å². The van der Waals surface area contributed by atoms with E-state index in [2.05, 4.69) is 16.4 Å². The Labute approximate surface area is 235 Å². The van der Waals surface area contributed by atoms with Gasteiger partial charge in [-0.05, 0) is 41.5 Å². The number of carbonyl (C=O) groups is 1. The van der Waals surface area contributed by atoms with Crippen molar-refractivity contribution in [3.8, 4) is 17.3 Å². The molecule has 2 aliphatic rings. The Balaban J connectivity index is 1.44. The third-order valence-corrected chi connectivity index (χ3v) is 7.92. The van der Waals surface area contributed by atoms with Gasteiger partial charge < -0.3 is 9.64 Å². The van der Waals surface area contributed by atoms with Crippen LogP contribution >= 0.6 is 23.2 Å². The summed E-state index contributed by atoms with van der Waals surface area (Å²) in [5, 5.41) is 19.0. The minimum absolute atomic E-state index is 0.119. The number of hydrogen-bond acceptors (Lipinski definition) is 5. The molecule has 0 bridgehead atoms. The average molecular weight is 556 g/mol. The molecule has 1 fully saturated rings. The highest BCUT2D eigenvalue weighted by Gasteiger charge is 2.58. The van der Waals surface area contributed by atoms with Gasteiger partial charge >= 0.3 is 0 Å². The molecule has 4 aromatic rings. The largest absolute Gasteiger partial charge is 0.498 e. The SMILES string of the molecule is COC1=C(c2cc(Cl)cc(Cl)c2)C(=O)N2C[C@@H](n3cc(-c4ccccc4)nn3)C[C@@]12Cc1ccc(C#N)cc1. The fourth-order valence-corrected chi connectivity index (χ4v) is 6.33. The van der Waals surface area contributed by atoms with Gasteiger partial charge in [-0.3, -0.25) is 4.79 Å². The topological polar surface area (TPSA) is 84.0 Å². The van der Waals surface area contributed by atoms with Gasteiger partial charge in [-0.25, -0.2) is 4.68 Å². The van der Waals surface area contributed by atoms with Gasteiger partial charge in [0.05, 0.1) is 36.6 Å². The molecule has 3 heterocycles. The first-order valence-electron chi connectivity index (χ1n) is 12.5. The highest BCUT2D eigenvalue weighted by atomic mass is 35.5. The zero-order chi connectivity index (χ0) is 27.1. The quantitative estimate of drug-likeness (QED) is 0.293. The van der Waals surface area contributed by atoms with Gasteiger partial charge in [0.15, 0.2) is 0 Å². The Morgan fingerprint density at radius 2 is 1.77 bits per heavy atom. The van der Waals surface area contributed by atoms with Crippen LogP contribution in [-0.2, 0) is 16.0 Å². The molecule has 1 aromatic heterocycles. The summed E-state index contributed by atoms with van der Waals surface area (Å²) in [7, 11) is 1.59. The standard InChI is InChI=1S/C30H23Cl2N5O2/c1-39-28-27(22-11-23(31)13-24(32)12-22)29(38)36-17-25(37-18-26(34-35-37)21-5-3-2-4-6-21)15-30(28,36)14-19-7-9-20(16-33)10-8-19/h2-13,18,25H,14-15,17H2,1H3/t25-,30-/m0/s1. The number of ether oxygens (including phenoxy) is 1. The summed E-state index contributed by atoms with van der Waals surface area (Å²) in [5.74, 6) is 0.422. The molecule has 0 unspecified atom stereocenters. The van der Waals surface area contributed by atoms with Gasteiger partial charge in [0.2, 0.25) is 0 Å². The van der Waals surface area contributed by atoms with Crippen LogP contribution < -0.4 is 0 Å². The van der Waals surface area contributed by atoms with Gasteiger partial charge in [0.1, 0.15) is 17.0 Å². The average Bonchev–Trinajstić information content (AvgIpc) is 3.62. The molecule has 9 heteroatoms.